The van der Waals surface area contributed by atoms with Gasteiger partial charge in [0.05, 0.1) is 0 Å². The van der Waals surface area contributed by atoms with E-state index in [-0.39, 0.29) is 29.5 Å². The largest absolute Gasteiger partial charge is 0.502 e. The molecule has 2 N–H and O–H groups in total. The second kappa shape index (κ2) is 8.01. The van der Waals surface area contributed by atoms with E-state index in [0.717, 1.165) is 25.3 Å². The van der Waals surface area contributed by atoms with Gasteiger partial charge in [0, 0.05) is 31.4 Å². The molecule has 1 fully saturated rings. The minimum atomic E-state index is -1.09. The van der Waals surface area contributed by atoms with Gasteiger partial charge in [-0.25, -0.2) is 8.78 Å². The number of aromatic nitrogens is 1. The fourth-order valence-corrected chi connectivity index (χ4v) is 4.20. The Kier molecular flexibility index (Phi) is 5.38. The Balaban J connectivity index is 1.70. The van der Waals surface area contributed by atoms with Crippen LogP contribution in [-0.2, 0) is 6.54 Å². The summed E-state index contributed by atoms with van der Waals surface area (Å²) in [6.07, 6.45) is 3.51. The highest BCUT2D eigenvalue weighted by Gasteiger charge is 2.40. The molecule has 1 aromatic heterocycles. The first kappa shape index (κ1) is 20.8. The molecule has 0 saturated carbocycles. The van der Waals surface area contributed by atoms with Crippen LogP contribution in [0.2, 0.25) is 0 Å². The van der Waals surface area contributed by atoms with Crippen LogP contribution in [0.1, 0.15) is 52.6 Å². The van der Waals surface area contributed by atoms with Gasteiger partial charge in [-0.2, -0.15) is 0 Å². The fraction of sp³-hybridized carbons (Fsp3) is 0.381. The van der Waals surface area contributed by atoms with Crippen LogP contribution in [0, 0.1) is 11.6 Å². The molecule has 2 aliphatic heterocycles. The zero-order valence-electron chi connectivity index (χ0n) is 16.9. The van der Waals surface area contributed by atoms with Gasteiger partial charge < -0.3 is 15.3 Å². The third-order valence-corrected chi connectivity index (χ3v) is 5.76. The van der Waals surface area contributed by atoms with Crippen LogP contribution in [0.25, 0.3) is 0 Å². The molecule has 2 aromatic rings. The number of pyridine rings is 1. The van der Waals surface area contributed by atoms with Crippen molar-refractivity contribution in [3.8, 4) is 5.75 Å². The van der Waals surface area contributed by atoms with Crippen LogP contribution in [0.5, 0.6) is 5.75 Å². The maximum absolute atomic E-state index is 13.8. The quantitative estimate of drug-likeness (QED) is 0.767. The number of fused-ring (bicyclic) bond motifs is 3. The Labute approximate surface area is 176 Å². The first-order valence-corrected chi connectivity index (χ1v) is 10.1. The van der Waals surface area contributed by atoms with Crippen molar-refractivity contribution in [2.24, 2.45) is 0 Å². The zero-order valence-corrected chi connectivity index (χ0v) is 16.9. The number of rotatable bonds is 4. The molecule has 0 spiro atoms. The Hall–Kier alpha value is -3.43. The Morgan fingerprint density at radius 3 is 2.77 bits per heavy atom. The number of hydrogen-bond donors (Lipinski definition) is 2. The molecule has 1 aromatic carbocycles. The van der Waals surface area contributed by atoms with Crippen LogP contribution in [-0.4, -0.2) is 45.8 Å². The van der Waals surface area contributed by atoms with E-state index >= 15 is 0 Å². The molecule has 0 aliphatic carbocycles. The summed E-state index contributed by atoms with van der Waals surface area (Å²) in [6.45, 7) is 2.47. The average molecular weight is 432 g/mol. The molecule has 3 heterocycles. The second-order valence-corrected chi connectivity index (χ2v) is 7.54. The van der Waals surface area contributed by atoms with Crippen LogP contribution in [0.15, 0.2) is 29.2 Å². The van der Waals surface area contributed by atoms with E-state index in [0.29, 0.717) is 13.1 Å². The number of carbonyl (C=O) groups excluding carboxylic acids is 2. The van der Waals surface area contributed by atoms with Crippen LogP contribution in [0.3, 0.4) is 0 Å². The van der Waals surface area contributed by atoms with E-state index in [2.05, 4.69) is 5.32 Å². The molecule has 1 atom stereocenters. The van der Waals surface area contributed by atoms with E-state index in [1.807, 2.05) is 11.9 Å². The summed E-state index contributed by atoms with van der Waals surface area (Å²) in [6, 6.07) is 3.58. The average Bonchev–Trinajstić information content (AvgIpc) is 2.77. The van der Waals surface area contributed by atoms with Gasteiger partial charge in [-0.3, -0.25) is 24.1 Å². The number of piperidine rings is 1. The molecular weight excluding hydrogens is 410 g/mol. The second-order valence-electron chi connectivity index (χ2n) is 7.54. The van der Waals surface area contributed by atoms with E-state index in [9.17, 15) is 28.3 Å². The van der Waals surface area contributed by atoms with Gasteiger partial charge in [0.1, 0.15) is 11.7 Å². The minimum absolute atomic E-state index is 0.0829. The molecule has 164 valence electrons. The van der Waals surface area contributed by atoms with Gasteiger partial charge in [-0.1, -0.05) is 12.1 Å². The first-order chi connectivity index (χ1) is 14.8. The van der Waals surface area contributed by atoms with Crippen molar-refractivity contribution in [2.75, 3.05) is 18.1 Å². The normalized spacial score (nSPS) is 17.9. The topological polar surface area (TPSA) is 94.9 Å². The zero-order chi connectivity index (χ0) is 22.3. The summed E-state index contributed by atoms with van der Waals surface area (Å²) in [5.74, 6) is -4.29. The lowest BCUT2D eigenvalue weighted by molar-refractivity contribution is 0.0534. The van der Waals surface area contributed by atoms with E-state index in [1.54, 1.807) is 4.90 Å². The molecule has 1 saturated heterocycles. The van der Waals surface area contributed by atoms with Gasteiger partial charge in [0.25, 0.3) is 11.8 Å². The smallest absolute Gasteiger partial charge is 0.278 e. The molecule has 2 amide bonds. The molecule has 0 bridgehead atoms. The maximum atomic E-state index is 13.8. The van der Waals surface area contributed by atoms with Crippen molar-refractivity contribution in [1.82, 2.24) is 14.9 Å². The standard InChI is InChI=1S/C21H22F2N4O4/c1-2-25-15-8-3-4-9-26(15)27-11-13(18(28)19(29)17(27)21(25)31)20(30)24-10-12-6-5-7-14(22)16(12)23/h5-7,11,15,29H,2-4,8-10H2,1H3,(H,24,30)/t15-/m0/s1. The fourth-order valence-electron chi connectivity index (χ4n) is 4.20. The Morgan fingerprint density at radius 2 is 2.03 bits per heavy atom. The van der Waals surface area contributed by atoms with E-state index in [1.165, 1.54) is 23.0 Å². The number of halogens is 2. The lowest BCUT2D eigenvalue weighted by Gasteiger charge is -2.48. The number of amides is 2. The molecule has 31 heavy (non-hydrogen) atoms. The van der Waals surface area contributed by atoms with Crippen molar-refractivity contribution in [3.05, 3.63) is 63.1 Å². The van der Waals surface area contributed by atoms with Crippen LogP contribution in [0.4, 0.5) is 8.78 Å². The van der Waals surface area contributed by atoms with Gasteiger partial charge in [0.2, 0.25) is 5.43 Å². The van der Waals surface area contributed by atoms with Crippen molar-refractivity contribution in [2.45, 2.75) is 38.9 Å². The minimum Gasteiger partial charge on any atom is -0.502 e. The van der Waals surface area contributed by atoms with Gasteiger partial charge in [0.15, 0.2) is 23.1 Å². The highest BCUT2D eigenvalue weighted by atomic mass is 19.2. The van der Waals surface area contributed by atoms with Crippen LogP contribution < -0.4 is 15.8 Å². The third-order valence-electron chi connectivity index (χ3n) is 5.76. The molecule has 8 nitrogen and oxygen atoms in total. The van der Waals surface area contributed by atoms with Gasteiger partial charge >= 0.3 is 0 Å². The summed E-state index contributed by atoms with van der Waals surface area (Å²) in [5, 5.41) is 14.7. The van der Waals surface area contributed by atoms with Crippen LogP contribution >= 0.6 is 0 Å². The third kappa shape index (κ3) is 3.41. The molecule has 0 radical (unpaired) electrons. The maximum Gasteiger partial charge on any atom is 0.278 e. The lowest BCUT2D eigenvalue weighted by atomic mass is 10.1. The SMILES string of the molecule is CCN1C(=O)c2c(O)c(=O)c(C(=O)NCc3cccc(F)c3F)cn2N2CCCC[C@@H]12. The number of hydrogen-bond acceptors (Lipinski definition) is 5. The summed E-state index contributed by atoms with van der Waals surface area (Å²) in [4.78, 5) is 39.9. The lowest BCUT2D eigenvalue weighted by Crippen LogP contribution is -2.63. The Bertz CT molecular complexity index is 1120. The van der Waals surface area contributed by atoms with Gasteiger partial charge in [-0.15, -0.1) is 0 Å². The summed E-state index contributed by atoms with van der Waals surface area (Å²) < 4.78 is 28.6. The summed E-state index contributed by atoms with van der Waals surface area (Å²) in [7, 11) is 0. The Morgan fingerprint density at radius 1 is 1.26 bits per heavy atom. The summed E-state index contributed by atoms with van der Waals surface area (Å²) in [5.41, 5.74) is -1.65. The number of aromatic hydroxyl groups is 1. The molecule has 4 rings (SSSR count). The monoisotopic (exact) mass is 432 g/mol. The highest BCUT2D eigenvalue weighted by molar-refractivity contribution is 5.99. The van der Waals surface area contributed by atoms with Crippen molar-refractivity contribution in [1.29, 1.82) is 0 Å². The van der Waals surface area contributed by atoms with Crippen molar-refractivity contribution < 1.29 is 23.5 Å². The number of carbonyl (C=O) groups is 2. The molecule has 2 aliphatic rings. The number of nitrogens with one attached hydrogen (secondary N) is 1. The predicted octanol–water partition coefficient (Wildman–Crippen LogP) is 1.69. The highest BCUT2D eigenvalue weighted by Crippen LogP contribution is 2.29. The molecular formula is C21H22F2N4O4. The van der Waals surface area contributed by atoms with Gasteiger partial charge in [-0.05, 0) is 32.3 Å². The first-order valence-electron chi connectivity index (χ1n) is 10.1. The molecule has 0 unspecified atom stereocenters. The van der Waals surface area contributed by atoms with Crippen molar-refractivity contribution in [3.63, 3.8) is 0 Å². The number of nitrogens with zero attached hydrogens (tertiary/aromatic N) is 3. The predicted molar refractivity (Wildman–Crippen MR) is 107 cm³/mol. The van der Waals surface area contributed by atoms with Crippen molar-refractivity contribution >= 4 is 11.8 Å². The van der Waals surface area contributed by atoms with E-state index < -0.39 is 34.6 Å². The van der Waals surface area contributed by atoms with E-state index in [4.69, 9.17) is 0 Å². The number of benzene rings is 1. The summed E-state index contributed by atoms with van der Waals surface area (Å²) >= 11 is 0. The molecule has 10 heteroatoms.